The maximum absolute atomic E-state index is 5.33. The van der Waals surface area contributed by atoms with Crippen molar-refractivity contribution in [3.8, 4) is 11.5 Å². The van der Waals surface area contributed by atoms with Crippen molar-refractivity contribution in [1.82, 2.24) is 10.2 Å². The van der Waals surface area contributed by atoms with E-state index in [0.29, 0.717) is 6.04 Å². The first-order valence-electron chi connectivity index (χ1n) is 6.39. The van der Waals surface area contributed by atoms with Gasteiger partial charge in [0.25, 0.3) is 0 Å². The van der Waals surface area contributed by atoms with Gasteiger partial charge in [-0.1, -0.05) is 6.07 Å². The molecular formula is C14H22N2O2. The summed E-state index contributed by atoms with van der Waals surface area (Å²) in [4.78, 5) is 2.46. The molecule has 0 spiro atoms. The van der Waals surface area contributed by atoms with Crippen LogP contribution >= 0.6 is 0 Å². The molecule has 18 heavy (non-hydrogen) atoms. The summed E-state index contributed by atoms with van der Waals surface area (Å²) in [5.41, 5.74) is 1.27. The molecule has 1 N–H and O–H groups in total. The Morgan fingerprint density at radius 1 is 1.28 bits per heavy atom. The summed E-state index contributed by atoms with van der Waals surface area (Å²) in [6.07, 6.45) is 0. The highest BCUT2D eigenvalue weighted by atomic mass is 16.5. The van der Waals surface area contributed by atoms with Crippen LogP contribution in [0.5, 0.6) is 11.5 Å². The molecule has 1 aliphatic rings. The van der Waals surface area contributed by atoms with E-state index >= 15 is 0 Å². The van der Waals surface area contributed by atoms with Crippen LogP contribution in [0.15, 0.2) is 18.2 Å². The number of methoxy groups -OCH3 is 2. The van der Waals surface area contributed by atoms with Crippen LogP contribution in [0.25, 0.3) is 0 Å². The molecule has 100 valence electrons. The molecule has 1 aromatic carbocycles. The highest BCUT2D eigenvalue weighted by Gasteiger charge is 2.16. The smallest absolute Gasteiger partial charge is 0.161 e. The average molecular weight is 250 g/mol. The molecule has 4 nitrogen and oxygen atoms in total. The van der Waals surface area contributed by atoms with Crippen molar-refractivity contribution in [2.75, 3.05) is 33.9 Å². The predicted molar refractivity (Wildman–Crippen MR) is 72.3 cm³/mol. The third-order valence-corrected chi connectivity index (χ3v) is 3.31. The largest absolute Gasteiger partial charge is 0.493 e. The van der Waals surface area contributed by atoms with Gasteiger partial charge in [-0.3, -0.25) is 4.90 Å². The Balaban J connectivity index is 2.04. The highest BCUT2D eigenvalue weighted by Crippen LogP contribution is 2.28. The minimum absolute atomic E-state index is 0.568. The van der Waals surface area contributed by atoms with E-state index < -0.39 is 0 Å². The first-order chi connectivity index (χ1) is 8.72. The lowest BCUT2D eigenvalue weighted by atomic mass is 10.1. The molecule has 1 fully saturated rings. The Morgan fingerprint density at radius 2 is 2.06 bits per heavy atom. The zero-order chi connectivity index (χ0) is 13.0. The Bertz CT molecular complexity index is 395. The molecule has 0 saturated carbocycles. The Kier molecular flexibility index (Phi) is 4.44. The van der Waals surface area contributed by atoms with Gasteiger partial charge in [-0.25, -0.2) is 0 Å². The fourth-order valence-corrected chi connectivity index (χ4v) is 2.39. The summed E-state index contributed by atoms with van der Waals surface area (Å²) in [5.74, 6) is 1.59. The fourth-order valence-electron chi connectivity index (χ4n) is 2.39. The van der Waals surface area contributed by atoms with Crippen LogP contribution in [0.3, 0.4) is 0 Å². The number of nitrogens with one attached hydrogen (secondary N) is 1. The van der Waals surface area contributed by atoms with Crippen LogP contribution in [0, 0.1) is 0 Å². The second-order valence-electron chi connectivity index (χ2n) is 4.78. The van der Waals surface area contributed by atoms with E-state index in [4.69, 9.17) is 9.47 Å². The summed E-state index contributed by atoms with van der Waals surface area (Å²) in [6, 6.07) is 6.71. The molecule has 0 bridgehead atoms. The molecule has 1 aromatic rings. The van der Waals surface area contributed by atoms with Crippen LogP contribution in [-0.2, 0) is 6.54 Å². The van der Waals surface area contributed by atoms with Gasteiger partial charge in [0, 0.05) is 32.2 Å². The number of benzene rings is 1. The van der Waals surface area contributed by atoms with Gasteiger partial charge in [0.15, 0.2) is 11.5 Å². The molecule has 1 aliphatic heterocycles. The molecular weight excluding hydrogens is 228 g/mol. The molecule has 0 unspecified atom stereocenters. The van der Waals surface area contributed by atoms with Crippen molar-refractivity contribution in [3.63, 3.8) is 0 Å². The third kappa shape index (κ3) is 3.15. The monoisotopic (exact) mass is 250 g/mol. The van der Waals surface area contributed by atoms with Gasteiger partial charge >= 0.3 is 0 Å². The SMILES string of the molecule is COc1ccc(CN2CCN[C@@H](C)C2)cc1OC. The standard InChI is InChI=1S/C14H22N2O2/c1-11-9-16(7-6-15-11)10-12-4-5-13(17-2)14(8-12)18-3/h4-5,8,11,15H,6-7,9-10H2,1-3H3/t11-/m0/s1. The highest BCUT2D eigenvalue weighted by molar-refractivity contribution is 5.42. The zero-order valence-corrected chi connectivity index (χ0v) is 11.4. The molecule has 2 rings (SSSR count). The van der Waals surface area contributed by atoms with Crippen molar-refractivity contribution < 1.29 is 9.47 Å². The molecule has 1 atom stereocenters. The summed E-state index contributed by atoms with van der Waals surface area (Å²) in [5, 5.41) is 3.45. The van der Waals surface area contributed by atoms with E-state index in [1.807, 2.05) is 6.07 Å². The van der Waals surface area contributed by atoms with Crippen LogP contribution in [-0.4, -0.2) is 44.8 Å². The van der Waals surface area contributed by atoms with E-state index in [0.717, 1.165) is 37.7 Å². The lowest BCUT2D eigenvalue weighted by Crippen LogP contribution is -2.48. The molecule has 1 heterocycles. The maximum Gasteiger partial charge on any atom is 0.161 e. The van der Waals surface area contributed by atoms with E-state index in [1.165, 1.54) is 5.56 Å². The third-order valence-electron chi connectivity index (χ3n) is 3.31. The van der Waals surface area contributed by atoms with E-state index in [-0.39, 0.29) is 0 Å². The first kappa shape index (κ1) is 13.2. The van der Waals surface area contributed by atoms with Crippen LogP contribution < -0.4 is 14.8 Å². The number of rotatable bonds is 4. The van der Waals surface area contributed by atoms with E-state index in [1.54, 1.807) is 14.2 Å². The van der Waals surface area contributed by atoms with Crippen LogP contribution in [0.4, 0.5) is 0 Å². The summed E-state index contributed by atoms with van der Waals surface area (Å²) < 4.78 is 10.6. The van der Waals surface area contributed by atoms with Crippen molar-refractivity contribution in [1.29, 1.82) is 0 Å². The second-order valence-corrected chi connectivity index (χ2v) is 4.78. The van der Waals surface area contributed by atoms with Gasteiger partial charge in [0.05, 0.1) is 14.2 Å². The average Bonchev–Trinajstić information content (AvgIpc) is 2.38. The van der Waals surface area contributed by atoms with Crippen molar-refractivity contribution in [3.05, 3.63) is 23.8 Å². The Labute approximate surface area is 109 Å². The zero-order valence-electron chi connectivity index (χ0n) is 11.4. The minimum Gasteiger partial charge on any atom is -0.493 e. The molecule has 1 saturated heterocycles. The topological polar surface area (TPSA) is 33.7 Å². The summed E-state index contributed by atoms with van der Waals surface area (Å²) >= 11 is 0. The number of piperazine rings is 1. The quantitative estimate of drug-likeness (QED) is 0.878. The van der Waals surface area contributed by atoms with E-state index in [9.17, 15) is 0 Å². The molecule has 0 radical (unpaired) electrons. The van der Waals surface area contributed by atoms with Crippen molar-refractivity contribution in [2.24, 2.45) is 0 Å². The molecule has 0 aromatic heterocycles. The van der Waals surface area contributed by atoms with E-state index in [2.05, 4.69) is 29.3 Å². The molecule has 4 heteroatoms. The normalized spacial score (nSPS) is 20.7. The molecule has 0 aliphatic carbocycles. The number of hydrogen-bond acceptors (Lipinski definition) is 4. The van der Waals surface area contributed by atoms with Crippen LogP contribution in [0.1, 0.15) is 12.5 Å². The van der Waals surface area contributed by atoms with Gasteiger partial charge in [-0.2, -0.15) is 0 Å². The Morgan fingerprint density at radius 3 is 2.72 bits per heavy atom. The molecule has 0 amide bonds. The number of hydrogen-bond donors (Lipinski definition) is 1. The van der Waals surface area contributed by atoms with Crippen molar-refractivity contribution >= 4 is 0 Å². The first-order valence-corrected chi connectivity index (χ1v) is 6.39. The van der Waals surface area contributed by atoms with Gasteiger partial charge < -0.3 is 14.8 Å². The predicted octanol–water partition coefficient (Wildman–Crippen LogP) is 1.50. The van der Waals surface area contributed by atoms with Gasteiger partial charge in [0.1, 0.15) is 0 Å². The summed E-state index contributed by atoms with van der Waals surface area (Å²) in [6.45, 7) is 6.44. The second kappa shape index (κ2) is 6.07. The maximum atomic E-state index is 5.33. The van der Waals surface area contributed by atoms with Crippen LogP contribution in [0.2, 0.25) is 0 Å². The summed E-state index contributed by atoms with van der Waals surface area (Å²) in [7, 11) is 3.34. The number of ether oxygens (including phenoxy) is 2. The fraction of sp³-hybridized carbons (Fsp3) is 0.571. The number of nitrogens with zero attached hydrogens (tertiary/aromatic N) is 1. The van der Waals surface area contributed by atoms with Crippen molar-refractivity contribution in [2.45, 2.75) is 19.5 Å². The van der Waals surface area contributed by atoms with Gasteiger partial charge in [-0.15, -0.1) is 0 Å². The van der Waals surface area contributed by atoms with Gasteiger partial charge in [-0.05, 0) is 24.6 Å². The Hall–Kier alpha value is -1.26. The lowest BCUT2D eigenvalue weighted by molar-refractivity contribution is 0.199. The van der Waals surface area contributed by atoms with Gasteiger partial charge in [0.2, 0.25) is 0 Å². The minimum atomic E-state index is 0.568. The lowest BCUT2D eigenvalue weighted by Gasteiger charge is -2.31.